The Balaban J connectivity index is 0.00000261. The Kier molecular flexibility index (Phi) is 7.95. The molecule has 1 aromatic rings. The quantitative estimate of drug-likeness (QED) is 0.774. The smallest absolute Gasteiger partial charge is 0.223 e. The van der Waals surface area contributed by atoms with Gasteiger partial charge in [0.2, 0.25) is 5.91 Å². The highest BCUT2D eigenvalue weighted by molar-refractivity contribution is 5.85. The van der Waals surface area contributed by atoms with Gasteiger partial charge in [-0.2, -0.15) is 0 Å². The highest BCUT2D eigenvalue weighted by Gasteiger charge is 2.37. The zero-order valence-corrected chi connectivity index (χ0v) is 17.2. The van der Waals surface area contributed by atoms with E-state index in [1.54, 1.807) is 14.2 Å². The maximum absolute atomic E-state index is 12.7. The summed E-state index contributed by atoms with van der Waals surface area (Å²) in [7, 11) is 3.38. The molecule has 0 radical (unpaired) electrons. The molecule has 0 aliphatic heterocycles. The molecule has 2 saturated carbocycles. The Morgan fingerprint density at radius 3 is 2.41 bits per heavy atom. The van der Waals surface area contributed by atoms with Gasteiger partial charge >= 0.3 is 0 Å². The molecule has 27 heavy (non-hydrogen) atoms. The van der Waals surface area contributed by atoms with Crippen molar-refractivity contribution in [1.29, 1.82) is 0 Å². The van der Waals surface area contributed by atoms with E-state index in [1.807, 2.05) is 12.1 Å². The summed E-state index contributed by atoms with van der Waals surface area (Å²) in [5.74, 6) is 1.02. The van der Waals surface area contributed by atoms with Crippen molar-refractivity contribution in [2.24, 2.45) is 11.7 Å². The van der Waals surface area contributed by atoms with Gasteiger partial charge < -0.3 is 20.5 Å². The Morgan fingerprint density at radius 1 is 1.19 bits per heavy atom. The molecule has 0 unspecified atom stereocenters. The summed E-state index contributed by atoms with van der Waals surface area (Å²) in [6.07, 6.45) is 7.18. The lowest BCUT2D eigenvalue weighted by atomic mass is 9.78. The number of amides is 1. The summed E-state index contributed by atoms with van der Waals surface area (Å²) in [6, 6.07) is 8.28. The van der Waals surface area contributed by atoms with E-state index < -0.39 is 0 Å². The first-order chi connectivity index (χ1) is 12.6. The normalized spacial score (nSPS) is 26.9. The van der Waals surface area contributed by atoms with Crippen LogP contribution < -0.4 is 15.8 Å². The molecular formula is C21H33ClN2O3. The topological polar surface area (TPSA) is 73.6 Å². The molecule has 3 atom stereocenters. The fourth-order valence-corrected chi connectivity index (χ4v) is 4.67. The second-order valence-electron chi connectivity index (χ2n) is 7.88. The van der Waals surface area contributed by atoms with Crippen molar-refractivity contribution in [3.05, 3.63) is 29.8 Å². The molecule has 0 saturated heterocycles. The maximum Gasteiger partial charge on any atom is 0.223 e. The lowest BCUT2D eigenvalue weighted by Gasteiger charge is -2.34. The Hall–Kier alpha value is -1.30. The van der Waals surface area contributed by atoms with Crippen molar-refractivity contribution in [2.45, 2.75) is 62.5 Å². The number of benzene rings is 1. The minimum Gasteiger partial charge on any atom is -0.497 e. The number of hydrogen-bond donors (Lipinski definition) is 2. The first-order valence-electron chi connectivity index (χ1n) is 9.78. The molecule has 2 aliphatic rings. The Labute approximate surface area is 168 Å². The van der Waals surface area contributed by atoms with Gasteiger partial charge in [0, 0.05) is 31.0 Å². The average Bonchev–Trinajstić information content (AvgIpc) is 3.16. The van der Waals surface area contributed by atoms with Gasteiger partial charge in [0.25, 0.3) is 0 Å². The van der Waals surface area contributed by atoms with Crippen molar-refractivity contribution >= 4 is 18.3 Å². The van der Waals surface area contributed by atoms with Crippen molar-refractivity contribution in [3.8, 4) is 5.75 Å². The highest BCUT2D eigenvalue weighted by atomic mass is 35.5. The largest absolute Gasteiger partial charge is 0.497 e. The molecule has 0 aromatic heterocycles. The summed E-state index contributed by atoms with van der Waals surface area (Å²) >= 11 is 0. The number of carbonyl (C=O) groups is 1. The van der Waals surface area contributed by atoms with Crippen molar-refractivity contribution in [3.63, 3.8) is 0 Å². The van der Waals surface area contributed by atoms with Crippen LogP contribution in [0.1, 0.15) is 50.5 Å². The number of methoxy groups -OCH3 is 2. The molecule has 1 aromatic carbocycles. The number of nitrogens with one attached hydrogen (secondary N) is 1. The van der Waals surface area contributed by atoms with Gasteiger partial charge in [0.15, 0.2) is 0 Å². The van der Waals surface area contributed by atoms with Crippen LogP contribution in [0.3, 0.4) is 0 Å². The Bertz CT molecular complexity index is 602. The minimum atomic E-state index is -0.0495. The van der Waals surface area contributed by atoms with E-state index in [9.17, 15) is 4.79 Å². The number of carbonyl (C=O) groups excluding carboxylic acids is 1. The number of ether oxygens (including phenoxy) is 2. The molecule has 6 heteroatoms. The zero-order valence-electron chi connectivity index (χ0n) is 16.4. The van der Waals surface area contributed by atoms with Crippen molar-refractivity contribution in [2.75, 3.05) is 20.8 Å². The van der Waals surface area contributed by atoms with Gasteiger partial charge in [0.1, 0.15) is 5.75 Å². The van der Waals surface area contributed by atoms with Gasteiger partial charge in [-0.1, -0.05) is 25.0 Å². The van der Waals surface area contributed by atoms with E-state index in [4.69, 9.17) is 15.2 Å². The summed E-state index contributed by atoms with van der Waals surface area (Å²) in [6.45, 7) is 0.706. The summed E-state index contributed by atoms with van der Waals surface area (Å²) in [5, 5.41) is 3.25. The molecular weight excluding hydrogens is 364 g/mol. The molecule has 0 heterocycles. The lowest BCUT2D eigenvalue weighted by Crippen LogP contribution is -2.47. The first-order valence-corrected chi connectivity index (χ1v) is 9.78. The molecule has 3 rings (SSSR count). The van der Waals surface area contributed by atoms with Gasteiger partial charge in [-0.05, 0) is 49.8 Å². The van der Waals surface area contributed by atoms with Crippen LogP contribution in [0.4, 0.5) is 0 Å². The fourth-order valence-electron chi connectivity index (χ4n) is 4.67. The van der Waals surface area contributed by atoms with Crippen LogP contribution >= 0.6 is 12.4 Å². The van der Waals surface area contributed by atoms with E-state index in [2.05, 4.69) is 17.4 Å². The minimum absolute atomic E-state index is 0. The molecule has 3 N–H and O–H groups in total. The lowest BCUT2D eigenvalue weighted by molar-refractivity contribution is -0.127. The first kappa shape index (κ1) is 22.0. The zero-order chi connectivity index (χ0) is 18.6. The molecule has 2 aliphatic carbocycles. The molecule has 5 nitrogen and oxygen atoms in total. The molecule has 2 fully saturated rings. The van der Waals surface area contributed by atoms with Crippen LogP contribution in [0, 0.1) is 5.92 Å². The van der Waals surface area contributed by atoms with E-state index in [-0.39, 0.29) is 41.8 Å². The Morgan fingerprint density at radius 2 is 1.85 bits per heavy atom. The van der Waals surface area contributed by atoms with Crippen LogP contribution in [0.5, 0.6) is 5.75 Å². The van der Waals surface area contributed by atoms with Crippen LogP contribution in [-0.4, -0.2) is 38.8 Å². The third-order valence-electron chi connectivity index (χ3n) is 6.37. The van der Waals surface area contributed by atoms with Crippen LogP contribution in [-0.2, 0) is 14.9 Å². The highest BCUT2D eigenvalue weighted by Crippen LogP contribution is 2.41. The fraction of sp³-hybridized carbons (Fsp3) is 0.667. The monoisotopic (exact) mass is 396 g/mol. The van der Waals surface area contributed by atoms with Crippen molar-refractivity contribution < 1.29 is 14.3 Å². The second-order valence-corrected chi connectivity index (χ2v) is 7.88. The third kappa shape index (κ3) is 4.95. The second kappa shape index (κ2) is 9.76. The van der Waals surface area contributed by atoms with Crippen LogP contribution in [0.2, 0.25) is 0 Å². The summed E-state index contributed by atoms with van der Waals surface area (Å²) in [5.41, 5.74) is 7.51. The average molecular weight is 397 g/mol. The summed E-state index contributed by atoms with van der Waals surface area (Å²) in [4.78, 5) is 12.7. The predicted molar refractivity (Wildman–Crippen MR) is 110 cm³/mol. The van der Waals surface area contributed by atoms with Crippen molar-refractivity contribution in [1.82, 2.24) is 5.32 Å². The third-order valence-corrected chi connectivity index (χ3v) is 6.37. The van der Waals surface area contributed by atoms with E-state index in [1.165, 1.54) is 18.4 Å². The van der Waals surface area contributed by atoms with E-state index in [0.29, 0.717) is 13.0 Å². The maximum atomic E-state index is 12.7. The number of hydrogen-bond acceptors (Lipinski definition) is 4. The van der Waals surface area contributed by atoms with E-state index in [0.717, 1.165) is 31.4 Å². The number of nitrogens with two attached hydrogens (primary N) is 1. The molecule has 0 spiro atoms. The van der Waals surface area contributed by atoms with Gasteiger partial charge in [-0.3, -0.25) is 4.79 Å². The number of rotatable bonds is 6. The molecule has 152 valence electrons. The number of halogens is 1. The van der Waals surface area contributed by atoms with Gasteiger partial charge in [-0.15, -0.1) is 12.4 Å². The standard InChI is InChI=1S/C21H32N2O3.ClH/c1-25-17-8-6-16(7-9-17)21(11-3-4-12-21)14-23-20(24)15-5-10-19(26-2)18(22)13-15;/h6-9,15,18-19H,3-5,10-14,22H2,1-2H3,(H,23,24);1H/t15-,18+,19+;/m0./s1. The van der Waals surface area contributed by atoms with Crippen LogP contribution in [0.25, 0.3) is 0 Å². The van der Waals surface area contributed by atoms with Gasteiger partial charge in [0.05, 0.1) is 13.2 Å². The van der Waals surface area contributed by atoms with E-state index >= 15 is 0 Å². The summed E-state index contributed by atoms with van der Waals surface area (Å²) < 4.78 is 10.7. The SMILES string of the molecule is COc1ccc(C2(CNC(=O)[C@H]3CC[C@@H](OC)[C@H](N)C3)CCCC2)cc1.Cl. The molecule has 0 bridgehead atoms. The van der Waals surface area contributed by atoms with Gasteiger partial charge in [-0.25, -0.2) is 0 Å². The molecule has 1 amide bonds. The predicted octanol–water partition coefficient (Wildman–Crippen LogP) is 3.19. The van der Waals surface area contributed by atoms with Crippen LogP contribution in [0.15, 0.2) is 24.3 Å².